The molecule has 0 bridgehead atoms. The molecule has 0 amide bonds. The third kappa shape index (κ3) is 2.27. The third-order valence-electron chi connectivity index (χ3n) is 3.55. The summed E-state index contributed by atoms with van der Waals surface area (Å²) in [6, 6.07) is 1.81. The number of methoxy groups -OCH3 is 1. The molecule has 0 saturated carbocycles. The summed E-state index contributed by atoms with van der Waals surface area (Å²) in [6.45, 7) is 4.38. The fraction of sp³-hybridized carbons (Fsp3) is 0.500. The van der Waals surface area contributed by atoms with Gasteiger partial charge in [0.25, 0.3) is 0 Å². The first-order valence-corrected chi connectivity index (χ1v) is 6.86. The highest BCUT2D eigenvalue weighted by molar-refractivity contribution is 5.93. The van der Waals surface area contributed by atoms with Crippen LogP contribution in [0.2, 0.25) is 0 Å². The zero-order valence-electron chi connectivity index (χ0n) is 11.9. The highest BCUT2D eigenvalue weighted by Crippen LogP contribution is 2.30. The molecule has 1 saturated heterocycles. The maximum Gasteiger partial charge on any atom is 0.142 e. The van der Waals surface area contributed by atoms with Gasteiger partial charge in [-0.3, -0.25) is 0 Å². The first-order chi connectivity index (χ1) is 9.69. The normalized spacial score (nSPS) is 15.2. The van der Waals surface area contributed by atoms with E-state index in [0.717, 1.165) is 41.3 Å². The average Bonchev–Trinajstić information content (AvgIpc) is 2.91. The number of anilines is 2. The van der Waals surface area contributed by atoms with Crippen LogP contribution in [0.3, 0.4) is 0 Å². The van der Waals surface area contributed by atoms with Gasteiger partial charge in [-0.25, -0.2) is 15.0 Å². The topological polar surface area (TPSA) is 77.2 Å². The Morgan fingerprint density at radius 3 is 2.70 bits per heavy atom. The van der Waals surface area contributed by atoms with Crippen LogP contribution >= 0.6 is 0 Å². The van der Waals surface area contributed by atoms with Crippen LogP contribution in [-0.2, 0) is 11.3 Å². The van der Waals surface area contributed by atoms with E-state index in [1.807, 2.05) is 13.0 Å². The van der Waals surface area contributed by atoms with Gasteiger partial charge in [0.05, 0.1) is 23.2 Å². The van der Waals surface area contributed by atoms with Gasteiger partial charge in [0, 0.05) is 26.3 Å². The second-order valence-corrected chi connectivity index (χ2v) is 5.11. The summed E-state index contributed by atoms with van der Waals surface area (Å²) in [7, 11) is 1.65. The van der Waals surface area contributed by atoms with Gasteiger partial charge in [0.1, 0.15) is 17.5 Å². The first kappa shape index (κ1) is 13.1. The fourth-order valence-electron chi connectivity index (χ4n) is 2.74. The predicted octanol–water partition coefficient (Wildman–Crippen LogP) is 1.66. The van der Waals surface area contributed by atoms with Crippen molar-refractivity contribution in [2.75, 3.05) is 30.8 Å². The molecular weight excluding hydrogens is 254 g/mol. The number of nitrogens with two attached hydrogens (primary N) is 1. The predicted molar refractivity (Wildman–Crippen MR) is 78.6 cm³/mol. The second-order valence-electron chi connectivity index (χ2n) is 5.11. The van der Waals surface area contributed by atoms with Crippen molar-refractivity contribution in [3.63, 3.8) is 0 Å². The summed E-state index contributed by atoms with van der Waals surface area (Å²) in [6.07, 6.45) is 2.40. The van der Waals surface area contributed by atoms with E-state index in [-0.39, 0.29) is 0 Å². The molecule has 106 valence electrons. The van der Waals surface area contributed by atoms with Crippen LogP contribution in [0.1, 0.15) is 24.4 Å². The van der Waals surface area contributed by atoms with Crippen LogP contribution in [-0.4, -0.2) is 35.2 Å². The number of hydrogen-bond donors (Lipinski definition) is 1. The van der Waals surface area contributed by atoms with E-state index in [1.165, 1.54) is 12.8 Å². The van der Waals surface area contributed by atoms with Crippen LogP contribution in [0.5, 0.6) is 0 Å². The van der Waals surface area contributed by atoms with Crippen LogP contribution in [0, 0.1) is 6.92 Å². The molecule has 6 nitrogen and oxygen atoms in total. The Morgan fingerprint density at radius 2 is 2.00 bits per heavy atom. The molecule has 0 aromatic carbocycles. The first-order valence-electron chi connectivity index (χ1n) is 6.86. The molecule has 2 N–H and O–H groups in total. The number of pyridine rings is 1. The Hall–Kier alpha value is -1.95. The lowest BCUT2D eigenvalue weighted by atomic mass is 10.2. The molecule has 0 atom stereocenters. The summed E-state index contributed by atoms with van der Waals surface area (Å²) in [5.41, 5.74) is 7.52. The number of ether oxygens (including phenoxy) is 1. The highest BCUT2D eigenvalue weighted by atomic mass is 16.5. The smallest absolute Gasteiger partial charge is 0.142 e. The monoisotopic (exact) mass is 273 g/mol. The minimum absolute atomic E-state index is 0.412. The molecule has 2 aromatic heterocycles. The molecule has 6 heteroatoms. The van der Waals surface area contributed by atoms with Gasteiger partial charge in [-0.05, 0) is 19.8 Å². The molecule has 1 aliphatic heterocycles. The maximum atomic E-state index is 5.87. The fourth-order valence-corrected chi connectivity index (χ4v) is 2.74. The van der Waals surface area contributed by atoms with Gasteiger partial charge < -0.3 is 15.4 Å². The molecule has 0 radical (unpaired) electrons. The lowest BCUT2D eigenvalue weighted by molar-refractivity contribution is 0.183. The molecule has 1 fully saturated rings. The van der Waals surface area contributed by atoms with E-state index >= 15 is 0 Å². The quantitative estimate of drug-likeness (QED) is 0.916. The standard InChI is InChI=1S/C14H19N5O/c1-9-16-10-7-12(15)18-11(8-20-2)13(10)14(17-9)19-5-3-4-6-19/h7H,3-6,8H2,1-2H3,(H2,15,18). The van der Waals surface area contributed by atoms with Crippen molar-refractivity contribution in [2.24, 2.45) is 0 Å². The van der Waals surface area contributed by atoms with Crippen LogP contribution < -0.4 is 10.6 Å². The number of aryl methyl sites for hydroxylation is 1. The summed E-state index contributed by atoms with van der Waals surface area (Å²) in [4.78, 5) is 15.8. The van der Waals surface area contributed by atoms with Gasteiger partial charge in [0.15, 0.2) is 0 Å². The zero-order valence-corrected chi connectivity index (χ0v) is 11.9. The number of aromatic nitrogens is 3. The summed E-state index contributed by atoms with van der Waals surface area (Å²) < 4.78 is 5.25. The lowest BCUT2D eigenvalue weighted by Crippen LogP contribution is -2.21. The van der Waals surface area contributed by atoms with Crippen LogP contribution in [0.4, 0.5) is 11.6 Å². The van der Waals surface area contributed by atoms with Crippen molar-refractivity contribution < 1.29 is 4.74 Å². The van der Waals surface area contributed by atoms with E-state index < -0.39 is 0 Å². The largest absolute Gasteiger partial charge is 0.384 e. The Labute approximate surface area is 118 Å². The number of rotatable bonds is 3. The molecule has 0 unspecified atom stereocenters. The summed E-state index contributed by atoms with van der Waals surface area (Å²) >= 11 is 0. The number of nitrogen functional groups attached to an aromatic ring is 1. The zero-order chi connectivity index (χ0) is 14.1. The Balaban J connectivity index is 2.25. The van der Waals surface area contributed by atoms with Crippen molar-refractivity contribution in [3.05, 3.63) is 17.6 Å². The molecular formula is C14H19N5O. The molecule has 3 heterocycles. The highest BCUT2D eigenvalue weighted by Gasteiger charge is 2.20. The molecule has 20 heavy (non-hydrogen) atoms. The maximum absolute atomic E-state index is 5.87. The van der Waals surface area contributed by atoms with E-state index in [4.69, 9.17) is 10.5 Å². The SMILES string of the molecule is COCc1nc(N)cc2nc(C)nc(N3CCCC3)c12. The lowest BCUT2D eigenvalue weighted by Gasteiger charge is -2.20. The second kappa shape index (κ2) is 5.20. The van der Waals surface area contributed by atoms with E-state index in [2.05, 4.69) is 19.9 Å². The number of hydrogen-bond acceptors (Lipinski definition) is 6. The van der Waals surface area contributed by atoms with Crippen LogP contribution in [0.25, 0.3) is 10.9 Å². The molecule has 0 spiro atoms. The molecule has 0 aliphatic carbocycles. The van der Waals surface area contributed by atoms with Gasteiger partial charge in [-0.2, -0.15) is 0 Å². The third-order valence-corrected chi connectivity index (χ3v) is 3.55. The van der Waals surface area contributed by atoms with Crippen LogP contribution in [0.15, 0.2) is 6.07 Å². The van der Waals surface area contributed by atoms with Crippen molar-refractivity contribution in [1.29, 1.82) is 0 Å². The summed E-state index contributed by atoms with van der Waals surface area (Å²) in [5, 5.41) is 0.966. The van der Waals surface area contributed by atoms with Gasteiger partial charge >= 0.3 is 0 Å². The molecule has 1 aliphatic rings. The van der Waals surface area contributed by atoms with E-state index in [0.29, 0.717) is 12.4 Å². The Bertz CT molecular complexity index is 632. The number of fused-ring (bicyclic) bond motifs is 1. The van der Waals surface area contributed by atoms with Gasteiger partial charge in [-0.1, -0.05) is 0 Å². The summed E-state index contributed by atoms with van der Waals surface area (Å²) in [5.74, 6) is 2.19. The van der Waals surface area contributed by atoms with Crippen molar-refractivity contribution in [1.82, 2.24) is 15.0 Å². The molecule has 2 aromatic rings. The van der Waals surface area contributed by atoms with Crippen molar-refractivity contribution >= 4 is 22.5 Å². The minimum atomic E-state index is 0.412. The van der Waals surface area contributed by atoms with E-state index in [1.54, 1.807) is 7.11 Å². The van der Waals surface area contributed by atoms with E-state index in [9.17, 15) is 0 Å². The Morgan fingerprint density at radius 1 is 1.25 bits per heavy atom. The average molecular weight is 273 g/mol. The van der Waals surface area contributed by atoms with Crippen molar-refractivity contribution in [3.8, 4) is 0 Å². The van der Waals surface area contributed by atoms with Gasteiger partial charge in [-0.15, -0.1) is 0 Å². The number of nitrogens with zero attached hydrogens (tertiary/aromatic N) is 4. The minimum Gasteiger partial charge on any atom is -0.384 e. The Kier molecular flexibility index (Phi) is 3.40. The van der Waals surface area contributed by atoms with Crippen molar-refractivity contribution in [2.45, 2.75) is 26.4 Å². The molecule has 3 rings (SSSR count). The van der Waals surface area contributed by atoms with Gasteiger partial charge in [0.2, 0.25) is 0 Å².